The molecule has 3 aromatic rings. The minimum atomic E-state index is -0.534. The lowest BCUT2D eigenvalue weighted by Crippen LogP contribution is -2.04. The van der Waals surface area contributed by atoms with Gasteiger partial charge < -0.3 is 23.7 Å². The van der Waals surface area contributed by atoms with Crippen molar-refractivity contribution in [2.75, 3.05) is 26.4 Å². The molecule has 3 rings (SSSR count). The van der Waals surface area contributed by atoms with E-state index in [9.17, 15) is 19.2 Å². The third-order valence-electron chi connectivity index (χ3n) is 5.98. The molecule has 0 atom stereocenters. The van der Waals surface area contributed by atoms with Gasteiger partial charge in [0.1, 0.15) is 11.5 Å². The van der Waals surface area contributed by atoms with E-state index in [0.717, 1.165) is 47.9 Å². The Labute approximate surface area is 282 Å². The van der Waals surface area contributed by atoms with Crippen molar-refractivity contribution in [1.29, 1.82) is 0 Å². The number of carbonyl (C=O) groups is 4. The van der Waals surface area contributed by atoms with Crippen molar-refractivity contribution < 1.29 is 42.9 Å². The Morgan fingerprint density at radius 1 is 0.617 bits per heavy atom. The molecule has 0 saturated heterocycles. The summed E-state index contributed by atoms with van der Waals surface area (Å²) in [4.78, 5) is 46.8. The molecule has 11 heteroatoms. The van der Waals surface area contributed by atoms with E-state index in [-0.39, 0.29) is 5.12 Å². The number of esters is 3. The van der Waals surface area contributed by atoms with E-state index in [1.165, 1.54) is 23.5 Å². The number of hydrogen-bond donors (Lipinski definition) is 0. The molecule has 0 fully saturated rings. The quantitative estimate of drug-likeness (QED) is 0.0517. The zero-order chi connectivity index (χ0) is 33.7. The maximum atomic E-state index is 12.5. The highest BCUT2D eigenvalue weighted by Gasteiger charge is 2.09. The van der Waals surface area contributed by atoms with E-state index < -0.39 is 17.9 Å². The number of unbranched alkanes of at least 4 members (excludes halogenated alkanes) is 2. The lowest BCUT2D eigenvalue weighted by molar-refractivity contribution is -0.138. The number of ether oxygens (including phenoxy) is 5. The Morgan fingerprint density at radius 3 is 1.62 bits per heavy atom. The van der Waals surface area contributed by atoms with Crippen LogP contribution in [0.2, 0.25) is 0 Å². The summed E-state index contributed by atoms with van der Waals surface area (Å²) in [5.41, 5.74) is 1.64. The average molecular weight is 677 g/mol. The van der Waals surface area contributed by atoms with Crippen LogP contribution in [0.25, 0.3) is 12.2 Å². The van der Waals surface area contributed by atoms with Gasteiger partial charge in [0.25, 0.3) is 0 Å². The average Bonchev–Trinajstić information content (AvgIpc) is 3.52. The van der Waals surface area contributed by atoms with Crippen LogP contribution in [0.15, 0.2) is 102 Å². The molecular weight excluding hydrogens is 641 g/mol. The van der Waals surface area contributed by atoms with Gasteiger partial charge in [0.05, 0.1) is 30.6 Å². The van der Waals surface area contributed by atoms with E-state index in [1.807, 2.05) is 36.4 Å². The topological polar surface area (TPSA) is 114 Å². The van der Waals surface area contributed by atoms with Gasteiger partial charge in [-0.1, -0.05) is 54.8 Å². The van der Waals surface area contributed by atoms with E-state index in [1.54, 1.807) is 36.4 Å². The van der Waals surface area contributed by atoms with Gasteiger partial charge in [-0.15, -0.1) is 0 Å². The van der Waals surface area contributed by atoms with Crippen molar-refractivity contribution in [1.82, 2.24) is 0 Å². The minimum absolute atomic E-state index is 0.163. The van der Waals surface area contributed by atoms with E-state index in [4.69, 9.17) is 23.7 Å². The molecule has 1 heterocycles. The normalized spacial score (nSPS) is 10.8. The standard InChI is InChI=1S/C36H36O9S2/c1-3-31(37)43-25-7-5-23-41-29-15-9-27(10-16-29)13-19-33(39)45-35-21-22-36(47-35)46-34(40)20-14-28-11-17-30(18-12-28)42-24-6-8-26-44-32(38)4-2/h3-4,9-22H,1-2,5-8,23-26H2/b19-13+,20-14+. The highest BCUT2D eigenvalue weighted by atomic mass is 32.2. The van der Waals surface area contributed by atoms with Gasteiger partial charge in [-0.25, -0.2) is 14.4 Å². The lowest BCUT2D eigenvalue weighted by atomic mass is 10.2. The van der Waals surface area contributed by atoms with Crippen molar-refractivity contribution in [3.05, 3.63) is 109 Å². The highest BCUT2D eigenvalue weighted by Crippen LogP contribution is 2.33. The van der Waals surface area contributed by atoms with Crippen molar-refractivity contribution in [2.24, 2.45) is 0 Å². The number of thioether (sulfide) groups is 1. The summed E-state index contributed by atoms with van der Waals surface area (Å²) in [7, 11) is 0. The van der Waals surface area contributed by atoms with Crippen molar-refractivity contribution in [2.45, 2.75) is 29.9 Å². The van der Waals surface area contributed by atoms with Crippen LogP contribution >= 0.6 is 23.1 Å². The summed E-state index contributed by atoms with van der Waals surface area (Å²) in [6, 6.07) is 18.0. The fourth-order valence-electron chi connectivity index (χ4n) is 3.61. The van der Waals surface area contributed by atoms with Crippen LogP contribution < -0.4 is 14.2 Å². The molecule has 1 aromatic heterocycles. The maximum Gasteiger partial charge on any atom is 0.336 e. The number of rotatable bonds is 20. The van der Waals surface area contributed by atoms with Crippen LogP contribution in [0.1, 0.15) is 36.8 Å². The van der Waals surface area contributed by atoms with Crippen molar-refractivity contribution in [3.8, 4) is 16.6 Å². The monoisotopic (exact) mass is 676 g/mol. The largest absolute Gasteiger partial charge is 0.494 e. The van der Waals surface area contributed by atoms with Gasteiger partial charge in [-0.2, -0.15) is 0 Å². The second kappa shape index (κ2) is 21.0. The van der Waals surface area contributed by atoms with Crippen LogP contribution in [-0.4, -0.2) is 49.5 Å². The lowest BCUT2D eigenvalue weighted by Gasteiger charge is -2.06. The van der Waals surface area contributed by atoms with Crippen LogP contribution in [0, 0.1) is 0 Å². The molecule has 0 radical (unpaired) electrons. The fraction of sp³-hybridized carbons (Fsp3) is 0.222. The molecule has 0 bridgehead atoms. The fourth-order valence-corrected chi connectivity index (χ4v) is 5.33. The third-order valence-corrected chi connectivity index (χ3v) is 7.91. The molecule has 0 N–H and O–H groups in total. The minimum Gasteiger partial charge on any atom is -0.494 e. The first kappa shape index (κ1) is 36.6. The van der Waals surface area contributed by atoms with Crippen LogP contribution in [0.5, 0.6) is 16.6 Å². The highest BCUT2D eigenvalue weighted by molar-refractivity contribution is 8.15. The van der Waals surface area contributed by atoms with E-state index >= 15 is 0 Å². The number of thiophene rings is 1. The number of carbonyl (C=O) groups excluding carboxylic acids is 4. The second-order valence-corrected chi connectivity index (χ2v) is 11.9. The Morgan fingerprint density at radius 2 is 1.11 bits per heavy atom. The molecule has 0 saturated carbocycles. The smallest absolute Gasteiger partial charge is 0.336 e. The maximum absolute atomic E-state index is 12.5. The number of hydrogen-bond acceptors (Lipinski definition) is 11. The van der Waals surface area contributed by atoms with Gasteiger partial charge in [-0.05, 0) is 97.1 Å². The Hall–Kier alpha value is -4.87. The Bertz CT molecular complexity index is 1420. The van der Waals surface area contributed by atoms with Gasteiger partial charge in [0, 0.05) is 18.2 Å². The summed E-state index contributed by atoms with van der Waals surface area (Å²) in [5.74, 6) is 0.00351. The molecule has 0 aliphatic heterocycles. The van der Waals surface area contributed by atoms with Crippen LogP contribution in [-0.2, 0) is 28.7 Å². The van der Waals surface area contributed by atoms with Gasteiger partial charge in [0.15, 0.2) is 5.06 Å². The molecule has 0 amide bonds. The SMILES string of the molecule is C=CC(=O)OCCCCOc1ccc(/C=C/C(=O)Oc2ccc(SC(=O)/C=C/c3ccc(OCCCCOC(=O)C=C)cc3)s2)cc1. The summed E-state index contributed by atoms with van der Waals surface area (Å²) in [6.45, 7) is 8.34. The van der Waals surface area contributed by atoms with Crippen molar-refractivity contribution in [3.63, 3.8) is 0 Å². The number of benzene rings is 2. The molecular formula is C36H36O9S2. The molecule has 0 aliphatic carbocycles. The molecule has 9 nitrogen and oxygen atoms in total. The molecule has 0 aliphatic rings. The van der Waals surface area contributed by atoms with Crippen molar-refractivity contribution >= 4 is 58.3 Å². The summed E-state index contributed by atoms with van der Waals surface area (Å²) in [6.07, 6.45) is 11.3. The van der Waals surface area contributed by atoms with Gasteiger partial charge in [0.2, 0.25) is 5.12 Å². The van der Waals surface area contributed by atoms with Crippen LogP contribution in [0.3, 0.4) is 0 Å². The third kappa shape index (κ3) is 15.3. The second-order valence-electron chi connectivity index (χ2n) is 9.57. The first-order valence-electron chi connectivity index (χ1n) is 14.8. The molecule has 47 heavy (non-hydrogen) atoms. The summed E-state index contributed by atoms with van der Waals surface area (Å²) in [5, 5.41) is 0.221. The molecule has 0 unspecified atom stereocenters. The molecule has 246 valence electrons. The predicted molar refractivity (Wildman–Crippen MR) is 184 cm³/mol. The van der Waals surface area contributed by atoms with Gasteiger partial charge >= 0.3 is 17.9 Å². The summed E-state index contributed by atoms with van der Waals surface area (Å²) >= 11 is 2.25. The zero-order valence-corrected chi connectivity index (χ0v) is 27.4. The molecule has 2 aromatic carbocycles. The van der Waals surface area contributed by atoms with E-state index in [0.29, 0.717) is 60.0 Å². The van der Waals surface area contributed by atoms with Crippen LogP contribution in [0.4, 0.5) is 0 Å². The Kier molecular flexibility index (Phi) is 16.4. The predicted octanol–water partition coefficient (Wildman–Crippen LogP) is 7.48. The van der Waals surface area contributed by atoms with Gasteiger partial charge in [-0.3, -0.25) is 4.79 Å². The zero-order valence-electron chi connectivity index (χ0n) is 25.8. The Balaban J connectivity index is 1.33. The first-order chi connectivity index (χ1) is 22.8. The van der Waals surface area contributed by atoms with E-state index in [2.05, 4.69) is 13.2 Å². The summed E-state index contributed by atoms with van der Waals surface area (Å²) < 4.78 is 27.3. The first-order valence-corrected chi connectivity index (χ1v) is 16.4. The molecule has 0 spiro atoms.